The molecule has 0 aromatic heterocycles. The normalized spacial score (nSPS) is 12.4. The summed E-state index contributed by atoms with van der Waals surface area (Å²) in [5.74, 6) is -1.46. The van der Waals surface area contributed by atoms with Crippen LogP contribution in [0.1, 0.15) is 24.9 Å². The molecule has 0 spiro atoms. The van der Waals surface area contributed by atoms with Gasteiger partial charge >= 0.3 is 5.97 Å². The number of carboxylic acid groups (broad SMARTS) is 1. The summed E-state index contributed by atoms with van der Waals surface area (Å²) < 4.78 is 13.6. The van der Waals surface area contributed by atoms with Crippen LogP contribution in [0.2, 0.25) is 0 Å². The van der Waals surface area contributed by atoms with Crippen LogP contribution in [0.15, 0.2) is 22.7 Å². The molecule has 16 heavy (non-hydrogen) atoms. The first-order chi connectivity index (χ1) is 7.56. The maximum atomic E-state index is 13.1. The van der Waals surface area contributed by atoms with E-state index in [1.165, 1.54) is 18.2 Å². The first-order valence-corrected chi connectivity index (χ1v) is 5.76. The minimum absolute atomic E-state index is 0.404. The van der Waals surface area contributed by atoms with E-state index in [9.17, 15) is 9.18 Å². The molecule has 0 aliphatic rings. The molecule has 0 bridgehead atoms. The van der Waals surface area contributed by atoms with E-state index in [0.29, 0.717) is 16.6 Å². The molecule has 2 N–H and O–H groups in total. The van der Waals surface area contributed by atoms with Crippen molar-refractivity contribution in [3.8, 4) is 0 Å². The predicted molar refractivity (Wildman–Crippen MR) is 62.8 cm³/mol. The first kappa shape index (κ1) is 13.1. The maximum Gasteiger partial charge on any atom is 0.325 e. The second-order valence-corrected chi connectivity index (χ2v) is 4.25. The van der Waals surface area contributed by atoms with E-state index in [4.69, 9.17) is 5.11 Å². The highest BCUT2D eigenvalue weighted by atomic mass is 79.9. The Bertz CT molecular complexity index is 384. The molecule has 1 rings (SSSR count). The molecule has 0 heterocycles. The quantitative estimate of drug-likeness (QED) is 0.876. The average molecular weight is 290 g/mol. The highest BCUT2D eigenvalue weighted by Gasteiger charge is 2.21. The number of halogens is 2. The van der Waals surface area contributed by atoms with E-state index in [-0.39, 0.29) is 0 Å². The lowest BCUT2D eigenvalue weighted by Gasteiger charge is -2.15. The number of aliphatic carboxylic acids is 1. The summed E-state index contributed by atoms with van der Waals surface area (Å²) in [7, 11) is 0. The Hall–Kier alpha value is -0.940. The van der Waals surface area contributed by atoms with Crippen molar-refractivity contribution in [2.45, 2.75) is 19.4 Å². The molecule has 0 fully saturated rings. The third kappa shape index (κ3) is 3.28. The van der Waals surface area contributed by atoms with Gasteiger partial charge in [0.1, 0.15) is 11.9 Å². The highest BCUT2D eigenvalue weighted by Crippen LogP contribution is 2.24. The summed E-state index contributed by atoms with van der Waals surface area (Å²) in [5, 5.41) is 11.9. The van der Waals surface area contributed by atoms with Crippen molar-refractivity contribution >= 4 is 21.9 Å². The molecule has 0 aliphatic heterocycles. The number of rotatable bonds is 5. The van der Waals surface area contributed by atoms with Crippen molar-refractivity contribution in [2.75, 3.05) is 6.54 Å². The Labute approximate surface area is 102 Å². The minimum atomic E-state index is -1.01. The fourth-order valence-corrected chi connectivity index (χ4v) is 1.83. The average Bonchev–Trinajstić information content (AvgIpc) is 2.23. The van der Waals surface area contributed by atoms with Crippen LogP contribution < -0.4 is 5.32 Å². The van der Waals surface area contributed by atoms with Crippen LogP contribution >= 0.6 is 15.9 Å². The van der Waals surface area contributed by atoms with E-state index in [0.717, 1.165) is 6.42 Å². The van der Waals surface area contributed by atoms with Gasteiger partial charge in [-0.3, -0.25) is 4.79 Å². The lowest BCUT2D eigenvalue weighted by atomic mass is 10.1. The van der Waals surface area contributed by atoms with Crippen LogP contribution in [0.5, 0.6) is 0 Å². The number of hydrogen-bond acceptors (Lipinski definition) is 2. The Morgan fingerprint density at radius 2 is 2.31 bits per heavy atom. The molecule has 0 radical (unpaired) electrons. The number of hydrogen-bond donors (Lipinski definition) is 2. The highest BCUT2D eigenvalue weighted by molar-refractivity contribution is 9.10. The van der Waals surface area contributed by atoms with Crippen molar-refractivity contribution in [1.29, 1.82) is 0 Å². The van der Waals surface area contributed by atoms with Crippen molar-refractivity contribution in [2.24, 2.45) is 0 Å². The summed E-state index contributed by atoms with van der Waals surface area (Å²) in [6.45, 7) is 2.51. The number of benzene rings is 1. The predicted octanol–water partition coefficient (Wildman–Crippen LogP) is 2.71. The molecule has 0 saturated heterocycles. The second kappa shape index (κ2) is 5.96. The van der Waals surface area contributed by atoms with Gasteiger partial charge in [0.05, 0.1) is 0 Å². The Kier molecular flexibility index (Phi) is 4.89. The third-order valence-corrected chi connectivity index (χ3v) is 2.84. The van der Waals surface area contributed by atoms with Crippen LogP contribution in [-0.2, 0) is 4.79 Å². The van der Waals surface area contributed by atoms with Crippen molar-refractivity contribution in [3.05, 3.63) is 34.1 Å². The molecule has 1 unspecified atom stereocenters. The minimum Gasteiger partial charge on any atom is -0.480 e. The molecular formula is C11H13BrFNO2. The zero-order chi connectivity index (χ0) is 12.1. The van der Waals surface area contributed by atoms with Gasteiger partial charge in [0.15, 0.2) is 0 Å². The van der Waals surface area contributed by atoms with Gasteiger partial charge in [0.2, 0.25) is 0 Å². The standard InChI is InChI=1S/C11H13BrFNO2/c1-2-5-14-10(11(15)16)8-6-7(13)3-4-9(8)12/h3-4,6,10,14H,2,5H2,1H3,(H,15,16). The Morgan fingerprint density at radius 1 is 1.62 bits per heavy atom. The molecular weight excluding hydrogens is 277 g/mol. The van der Waals surface area contributed by atoms with Gasteiger partial charge in [0, 0.05) is 4.47 Å². The number of carboxylic acids is 1. The summed E-state index contributed by atoms with van der Waals surface area (Å²) in [6.07, 6.45) is 0.816. The lowest BCUT2D eigenvalue weighted by Crippen LogP contribution is -2.29. The largest absolute Gasteiger partial charge is 0.480 e. The van der Waals surface area contributed by atoms with Crippen molar-refractivity contribution < 1.29 is 14.3 Å². The van der Waals surface area contributed by atoms with Gasteiger partial charge in [0.25, 0.3) is 0 Å². The summed E-state index contributed by atoms with van der Waals surface area (Å²) >= 11 is 3.22. The summed E-state index contributed by atoms with van der Waals surface area (Å²) in [5.41, 5.74) is 0.404. The van der Waals surface area contributed by atoms with Crippen molar-refractivity contribution in [3.63, 3.8) is 0 Å². The molecule has 88 valence electrons. The van der Waals surface area contributed by atoms with Crippen LogP contribution in [-0.4, -0.2) is 17.6 Å². The Morgan fingerprint density at radius 3 is 2.88 bits per heavy atom. The molecule has 0 saturated carbocycles. The van der Waals surface area contributed by atoms with Gasteiger partial charge in [-0.25, -0.2) is 4.39 Å². The van der Waals surface area contributed by atoms with Gasteiger partial charge < -0.3 is 10.4 Å². The van der Waals surface area contributed by atoms with Crippen molar-refractivity contribution in [1.82, 2.24) is 5.32 Å². The van der Waals surface area contributed by atoms with Crippen LogP contribution in [0, 0.1) is 5.82 Å². The topological polar surface area (TPSA) is 49.3 Å². The molecule has 0 amide bonds. The fourth-order valence-electron chi connectivity index (χ4n) is 1.35. The summed E-state index contributed by atoms with van der Waals surface area (Å²) in [4.78, 5) is 11.1. The smallest absolute Gasteiger partial charge is 0.325 e. The summed E-state index contributed by atoms with van der Waals surface area (Å²) in [6, 6.07) is 3.14. The first-order valence-electron chi connectivity index (χ1n) is 4.97. The van der Waals surface area contributed by atoms with Gasteiger partial charge in [-0.05, 0) is 36.7 Å². The van der Waals surface area contributed by atoms with E-state index in [2.05, 4.69) is 21.2 Å². The van der Waals surface area contributed by atoms with E-state index >= 15 is 0 Å². The third-order valence-electron chi connectivity index (χ3n) is 2.11. The zero-order valence-electron chi connectivity index (χ0n) is 8.84. The molecule has 1 aromatic carbocycles. The van der Waals surface area contributed by atoms with E-state index in [1.807, 2.05) is 6.92 Å². The molecule has 5 heteroatoms. The number of carbonyl (C=O) groups is 1. The van der Waals surface area contributed by atoms with Gasteiger partial charge in [-0.2, -0.15) is 0 Å². The molecule has 0 aliphatic carbocycles. The fraction of sp³-hybridized carbons (Fsp3) is 0.364. The van der Waals surface area contributed by atoms with Crippen LogP contribution in [0.4, 0.5) is 4.39 Å². The maximum absolute atomic E-state index is 13.1. The second-order valence-electron chi connectivity index (χ2n) is 3.39. The van der Waals surface area contributed by atoms with Gasteiger partial charge in [-0.15, -0.1) is 0 Å². The zero-order valence-corrected chi connectivity index (χ0v) is 10.4. The Balaban J connectivity index is 3.00. The molecule has 1 atom stereocenters. The molecule has 3 nitrogen and oxygen atoms in total. The SMILES string of the molecule is CCCNC(C(=O)O)c1cc(F)ccc1Br. The van der Waals surface area contributed by atoms with Crippen LogP contribution in [0.3, 0.4) is 0 Å². The monoisotopic (exact) mass is 289 g/mol. The van der Waals surface area contributed by atoms with Crippen LogP contribution in [0.25, 0.3) is 0 Å². The lowest BCUT2D eigenvalue weighted by molar-refractivity contribution is -0.139. The van der Waals surface area contributed by atoms with Gasteiger partial charge in [-0.1, -0.05) is 22.9 Å². The molecule has 1 aromatic rings. The van der Waals surface area contributed by atoms with E-state index in [1.54, 1.807) is 0 Å². The number of nitrogens with one attached hydrogen (secondary N) is 1. The van der Waals surface area contributed by atoms with E-state index < -0.39 is 17.8 Å².